The lowest BCUT2D eigenvalue weighted by atomic mass is 10.1. The summed E-state index contributed by atoms with van der Waals surface area (Å²) < 4.78 is 11.4. The number of benzene rings is 3. The average Bonchev–Trinajstić information content (AvgIpc) is 3.20. The Hall–Kier alpha value is -2.73. The number of carbonyl (C=O) groups is 1. The van der Waals surface area contributed by atoms with Gasteiger partial charge in [-0.25, -0.2) is 4.98 Å². The van der Waals surface area contributed by atoms with E-state index >= 15 is 0 Å². The third-order valence-electron chi connectivity index (χ3n) is 5.02. The van der Waals surface area contributed by atoms with Gasteiger partial charge in [-0.2, -0.15) is 0 Å². The molecule has 5 nitrogen and oxygen atoms in total. The second-order valence-corrected chi connectivity index (χ2v) is 8.56. The summed E-state index contributed by atoms with van der Waals surface area (Å²) in [5.74, 6) is 0.404. The van der Waals surface area contributed by atoms with E-state index in [-0.39, 0.29) is 28.3 Å². The van der Waals surface area contributed by atoms with Crippen molar-refractivity contribution >= 4 is 57.5 Å². The SMILES string of the molecule is Cc1ccc2oc(-c3ccc(NC(=O)COc4c(Cl)c(C)c(Cl)c(C)c4Cl)cc3)nc2c1. The number of aromatic nitrogens is 1. The van der Waals surface area contributed by atoms with Gasteiger partial charge in [0.1, 0.15) is 5.52 Å². The van der Waals surface area contributed by atoms with E-state index in [2.05, 4.69) is 10.3 Å². The Morgan fingerprint density at radius 2 is 1.62 bits per heavy atom. The van der Waals surface area contributed by atoms with Gasteiger partial charge in [0.05, 0.1) is 10.0 Å². The van der Waals surface area contributed by atoms with Gasteiger partial charge in [-0.3, -0.25) is 4.79 Å². The minimum atomic E-state index is -0.354. The first-order chi connectivity index (χ1) is 15.2. The quantitative estimate of drug-likeness (QED) is 0.317. The van der Waals surface area contributed by atoms with Crippen molar-refractivity contribution < 1.29 is 13.9 Å². The Morgan fingerprint density at radius 1 is 0.969 bits per heavy atom. The summed E-state index contributed by atoms with van der Waals surface area (Å²) >= 11 is 18.8. The zero-order valence-electron chi connectivity index (χ0n) is 17.6. The van der Waals surface area contributed by atoms with E-state index < -0.39 is 0 Å². The first kappa shape index (κ1) is 22.5. The lowest BCUT2D eigenvalue weighted by Crippen LogP contribution is -2.20. The van der Waals surface area contributed by atoms with Crippen molar-refractivity contribution in [1.82, 2.24) is 4.98 Å². The molecule has 0 radical (unpaired) electrons. The van der Waals surface area contributed by atoms with Crippen LogP contribution in [0.3, 0.4) is 0 Å². The van der Waals surface area contributed by atoms with Gasteiger partial charge in [-0.1, -0.05) is 40.9 Å². The van der Waals surface area contributed by atoms with Crippen LogP contribution in [0.1, 0.15) is 16.7 Å². The molecule has 0 spiro atoms. The summed E-state index contributed by atoms with van der Waals surface area (Å²) in [6.45, 7) is 5.28. The van der Waals surface area contributed by atoms with E-state index in [1.54, 1.807) is 26.0 Å². The van der Waals surface area contributed by atoms with Crippen LogP contribution in [0, 0.1) is 20.8 Å². The zero-order valence-corrected chi connectivity index (χ0v) is 19.8. The molecule has 0 atom stereocenters. The molecule has 1 N–H and O–H groups in total. The first-order valence-electron chi connectivity index (χ1n) is 9.78. The molecule has 1 heterocycles. The molecule has 0 fully saturated rings. The lowest BCUT2D eigenvalue weighted by Gasteiger charge is -2.15. The van der Waals surface area contributed by atoms with Gasteiger partial charge >= 0.3 is 0 Å². The normalized spacial score (nSPS) is 11.1. The molecule has 4 aromatic rings. The van der Waals surface area contributed by atoms with Crippen molar-refractivity contribution in [3.05, 3.63) is 74.2 Å². The van der Waals surface area contributed by atoms with Crippen LogP contribution in [0.2, 0.25) is 15.1 Å². The summed E-state index contributed by atoms with van der Waals surface area (Å²) in [5.41, 5.74) is 5.36. The van der Waals surface area contributed by atoms with Gasteiger partial charge in [0, 0.05) is 16.3 Å². The summed E-state index contributed by atoms with van der Waals surface area (Å²) in [5, 5.41) is 3.83. The number of hydrogen-bond donors (Lipinski definition) is 1. The van der Waals surface area contributed by atoms with Crippen molar-refractivity contribution in [1.29, 1.82) is 0 Å². The second kappa shape index (κ2) is 9.02. The number of anilines is 1. The molecule has 0 saturated heterocycles. The van der Waals surface area contributed by atoms with Crippen molar-refractivity contribution in [3.63, 3.8) is 0 Å². The van der Waals surface area contributed by atoms with Crippen LogP contribution in [-0.4, -0.2) is 17.5 Å². The second-order valence-electron chi connectivity index (χ2n) is 7.43. The maximum Gasteiger partial charge on any atom is 0.262 e. The summed E-state index contributed by atoms with van der Waals surface area (Å²) in [4.78, 5) is 16.9. The van der Waals surface area contributed by atoms with Crippen LogP contribution in [0.5, 0.6) is 5.75 Å². The van der Waals surface area contributed by atoms with Gasteiger partial charge in [-0.15, -0.1) is 0 Å². The summed E-state index contributed by atoms with van der Waals surface area (Å²) in [7, 11) is 0. The number of halogens is 3. The number of ether oxygens (including phenoxy) is 1. The van der Waals surface area contributed by atoms with Crippen LogP contribution in [0.4, 0.5) is 5.69 Å². The maximum absolute atomic E-state index is 12.4. The largest absolute Gasteiger partial charge is 0.481 e. The number of nitrogens with zero attached hydrogens (tertiary/aromatic N) is 1. The Balaban J connectivity index is 1.43. The third kappa shape index (κ3) is 4.42. The minimum absolute atomic E-state index is 0.240. The first-order valence-corrected chi connectivity index (χ1v) is 10.9. The number of rotatable bonds is 5. The predicted octanol–water partition coefficient (Wildman–Crippen LogP) is 7.40. The molecular formula is C24H19Cl3N2O3. The number of nitrogens with one attached hydrogen (secondary N) is 1. The molecule has 32 heavy (non-hydrogen) atoms. The lowest BCUT2D eigenvalue weighted by molar-refractivity contribution is -0.118. The predicted molar refractivity (Wildman–Crippen MR) is 129 cm³/mol. The standard InChI is InChI=1S/C24H19Cl3N2O3/c1-12-4-9-18-17(10-12)29-24(32-18)15-5-7-16(8-6-15)28-19(30)11-31-23-21(26)13(2)20(25)14(3)22(23)27/h4-10H,11H2,1-3H3,(H,28,30). The average molecular weight is 490 g/mol. The number of fused-ring (bicyclic) bond motifs is 1. The monoisotopic (exact) mass is 488 g/mol. The molecule has 1 aromatic heterocycles. The summed E-state index contributed by atoms with van der Waals surface area (Å²) in [6.07, 6.45) is 0. The van der Waals surface area contributed by atoms with Crippen LogP contribution < -0.4 is 10.1 Å². The third-order valence-corrected chi connectivity index (χ3v) is 6.50. The van der Waals surface area contributed by atoms with Crippen LogP contribution in [0.15, 0.2) is 46.9 Å². The molecule has 0 unspecified atom stereocenters. The highest BCUT2D eigenvalue weighted by atomic mass is 35.5. The van der Waals surface area contributed by atoms with E-state index in [9.17, 15) is 4.79 Å². The molecule has 0 bridgehead atoms. The topological polar surface area (TPSA) is 64.4 Å². The van der Waals surface area contributed by atoms with Gasteiger partial charge in [-0.05, 0) is 73.9 Å². The van der Waals surface area contributed by atoms with Gasteiger partial charge < -0.3 is 14.5 Å². The molecule has 0 aliphatic heterocycles. The molecule has 0 saturated carbocycles. The fourth-order valence-electron chi connectivity index (χ4n) is 3.23. The number of oxazole rings is 1. The number of carbonyl (C=O) groups excluding carboxylic acids is 1. The van der Waals surface area contributed by atoms with Crippen molar-refractivity contribution in [3.8, 4) is 17.2 Å². The van der Waals surface area contributed by atoms with E-state index in [0.29, 0.717) is 27.7 Å². The molecule has 1 amide bonds. The van der Waals surface area contributed by atoms with Crippen LogP contribution in [-0.2, 0) is 4.79 Å². The Bertz CT molecular complexity index is 1300. The van der Waals surface area contributed by atoms with E-state index in [1.807, 2.05) is 37.3 Å². The highest BCUT2D eigenvalue weighted by molar-refractivity contribution is 6.42. The minimum Gasteiger partial charge on any atom is -0.481 e. The fourth-order valence-corrected chi connectivity index (χ4v) is 4.05. The van der Waals surface area contributed by atoms with Crippen molar-refractivity contribution in [2.75, 3.05) is 11.9 Å². The number of amides is 1. The number of hydrogen-bond acceptors (Lipinski definition) is 4. The van der Waals surface area contributed by atoms with Crippen molar-refractivity contribution in [2.24, 2.45) is 0 Å². The molecular weight excluding hydrogens is 471 g/mol. The number of aryl methyl sites for hydroxylation is 1. The Labute approximate surface area is 200 Å². The Kier molecular flexibility index (Phi) is 6.33. The smallest absolute Gasteiger partial charge is 0.262 e. The molecule has 8 heteroatoms. The molecule has 0 aliphatic rings. The van der Waals surface area contributed by atoms with Crippen LogP contribution in [0.25, 0.3) is 22.6 Å². The molecule has 0 aliphatic carbocycles. The highest BCUT2D eigenvalue weighted by Gasteiger charge is 2.19. The van der Waals surface area contributed by atoms with Crippen LogP contribution >= 0.6 is 34.8 Å². The molecule has 164 valence electrons. The summed E-state index contributed by atoms with van der Waals surface area (Å²) in [6, 6.07) is 13.0. The Morgan fingerprint density at radius 3 is 2.28 bits per heavy atom. The highest BCUT2D eigenvalue weighted by Crippen LogP contribution is 2.42. The molecule has 3 aromatic carbocycles. The van der Waals surface area contributed by atoms with E-state index in [0.717, 1.165) is 22.2 Å². The van der Waals surface area contributed by atoms with E-state index in [1.165, 1.54) is 0 Å². The van der Waals surface area contributed by atoms with E-state index in [4.69, 9.17) is 44.0 Å². The molecule has 4 rings (SSSR count). The van der Waals surface area contributed by atoms with Gasteiger partial charge in [0.15, 0.2) is 17.9 Å². The van der Waals surface area contributed by atoms with Gasteiger partial charge in [0.25, 0.3) is 5.91 Å². The van der Waals surface area contributed by atoms with Gasteiger partial charge in [0.2, 0.25) is 5.89 Å². The maximum atomic E-state index is 12.4. The fraction of sp³-hybridized carbons (Fsp3) is 0.167. The zero-order chi connectivity index (χ0) is 23.0. The van der Waals surface area contributed by atoms with Crippen molar-refractivity contribution in [2.45, 2.75) is 20.8 Å².